The van der Waals surface area contributed by atoms with Crippen molar-refractivity contribution in [2.45, 2.75) is 19.4 Å². The van der Waals surface area contributed by atoms with Gasteiger partial charge in [-0.3, -0.25) is 15.0 Å². The van der Waals surface area contributed by atoms with Gasteiger partial charge in [-0.05, 0) is 18.1 Å². The molecular weight excluding hydrogens is 214 g/mol. The summed E-state index contributed by atoms with van der Waals surface area (Å²) >= 11 is 0. The summed E-state index contributed by atoms with van der Waals surface area (Å²) in [5.74, 6) is -0.0471. The zero-order valence-corrected chi connectivity index (χ0v) is 9.91. The maximum atomic E-state index is 10.9. The summed E-state index contributed by atoms with van der Waals surface area (Å²) < 4.78 is 0. The van der Waals surface area contributed by atoms with E-state index in [9.17, 15) is 5.11 Å². The van der Waals surface area contributed by atoms with Crippen LogP contribution in [0.25, 0.3) is 0 Å². The molecule has 1 unspecified atom stereocenters. The van der Waals surface area contributed by atoms with Crippen LogP contribution in [-0.2, 0) is 5.60 Å². The molecule has 0 aliphatic rings. The molecule has 0 saturated heterocycles. The monoisotopic (exact) mass is 229 g/mol. The number of rotatable bonds is 3. The number of aliphatic hydroxyl groups is 1. The van der Waals surface area contributed by atoms with Crippen LogP contribution in [0, 0.1) is 5.92 Å². The maximum absolute atomic E-state index is 10.9. The van der Waals surface area contributed by atoms with Crippen molar-refractivity contribution in [1.82, 2.24) is 15.0 Å². The molecule has 2 aromatic rings. The lowest BCUT2D eigenvalue weighted by Crippen LogP contribution is -2.35. The van der Waals surface area contributed by atoms with Gasteiger partial charge in [0.05, 0.1) is 17.6 Å². The van der Waals surface area contributed by atoms with E-state index in [4.69, 9.17) is 0 Å². The summed E-state index contributed by atoms with van der Waals surface area (Å²) in [6.45, 7) is 3.87. The minimum absolute atomic E-state index is 0.0471. The fourth-order valence-electron chi connectivity index (χ4n) is 1.81. The molecule has 4 heteroatoms. The van der Waals surface area contributed by atoms with Gasteiger partial charge in [0.1, 0.15) is 0 Å². The predicted molar refractivity (Wildman–Crippen MR) is 64.1 cm³/mol. The van der Waals surface area contributed by atoms with Crippen molar-refractivity contribution >= 4 is 0 Å². The Balaban J connectivity index is 2.55. The molecule has 1 atom stereocenters. The molecule has 1 N–H and O–H groups in total. The van der Waals surface area contributed by atoms with Crippen LogP contribution in [0.5, 0.6) is 0 Å². The van der Waals surface area contributed by atoms with Crippen molar-refractivity contribution in [3.8, 4) is 0 Å². The molecule has 4 nitrogen and oxygen atoms in total. The molecule has 0 aliphatic carbocycles. The average molecular weight is 229 g/mol. The Morgan fingerprint density at radius 1 is 1.06 bits per heavy atom. The first-order valence-corrected chi connectivity index (χ1v) is 5.56. The second-order valence-electron chi connectivity index (χ2n) is 4.23. The van der Waals surface area contributed by atoms with Crippen LogP contribution in [0.3, 0.4) is 0 Å². The molecule has 0 aromatic carbocycles. The topological polar surface area (TPSA) is 58.9 Å². The van der Waals surface area contributed by atoms with Crippen molar-refractivity contribution in [2.24, 2.45) is 5.92 Å². The first-order chi connectivity index (χ1) is 8.15. The molecule has 0 fully saturated rings. The molecule has 0 aliphatic heterocycles. The van der Waals surface area contributed by atoms with Crippen LogP contribution in [-0.4, -0.2) is 20.1 Å². The summed E-state index contributed by atoms with van der Waals surface area (Å²) in [5.41, 5.74) is -0.0839. The first kappa shape index (κ1) is 11.7. The van der Waals surface area contributed by atoms with Crippen LogP contribution in [0.1, 0.15) is 25.2 Å². The summed E-state index contributed by atoms with van der Waals surface area (Å²) in [7, 11) is 0. The molecule has 2 rings (SSSR count). The highest BCUT2D eigenvalue weighted by molar-refractivity contribution is 5.26. The molecule has 88 valence electrons. The zero-order chi connectivity index (χ0) is 12.3. The van der Waals surface area contributed by atoms with Crippen LogP contribution < -0.4 is 0 Å². The summed E-state index contributed by atoms with van der Waals surface area (Å²) in [5, 5.41) is 10.9. The van der Waals surface area contributed by atoms with Crippen molar-refractivity contribution in [3.63, 3.8) is 0 Å². The van der Waals surface area contributed by atoms with Gasteiger partial charge in [-0.15, -0.1) is 0 Å². The van der Waals surface area contributed by atoms with Gasteiger partial charge in [0.15, 0.2) is 5.60 Å². The maximum Gasteiger partial charge on any atom is 0.152 e. The highest BCUT2D eigenvalue weighted by Gasteiger charge is 2.38. The SMILES string of the molecule is CC(C)C(O)(c1ccccn1)c1cnccn1. The molecule has 17 heavy (non-hydrogen) atoms. The van der Waals surface area contributed by atoms with Gasteiger partial charge < -0.3 is 5.11 Å². The molecule has 0 spiro atoms. The van der Waals surface area contributed by atoms with E-state index in [-0.39, 0.29) is 5.92 Å². The number of hydrogen-bond acceptors (Lipinski definition) is 4. The second-order valence-corrected chi connectivity index (χ2v) is 4.23. The Kier molecular flexibility index (Phi) is 3.15. The Morgan fingerprint density at radius 3 is 2.35 bits per heavy atom. The van der Waals surface area contributed by atoms with Gasteiger partial charge in [-0.1, -0.05) is 19.9 Å². The second kappa shape index (κ2) is 4.59. The van der Waals surface area contributed by atoms with Crippen LogP contribution >= 0.6 is 0 Å². The van der Waals surface area contributed by atoms with Crippen LogP contribution in [0.4, 0.5) is 0 Å². The summed E-state index contributed by atoms with van der Waals surface area (Å²) in [6, 6.07) is 5.47. The summed E-state index contributed by atoms with van der Waals surface area (Å²) in [6.07, 6.45) is 6.40. The van der Waals surface area contributed by atoms with E-state index in [1.807, 2.05) is 26.0 Å². The lowest BCUT2D eigenvalue weighted by Gasteiger charge is -2.30. The molecular formula is C13H15N3O. The van der Waals surface area contributed by atoms with E-state index in [1.165, 1.54) is 0 Å². The zero-order valence-electron chi connectivity index (χ0n) is 9.91. The van der Waals surface area contributed by atoms with Gasteiger partial charge >= 0.3 is 0 Å². The Bertz CT molecular complexity index is 431. The largest absolute Gasteiger partial charge is 0.377 e. The number of nitrogens with zero attached hydrogens (tertiary/aromatic N) is 3. The average Bonchev–Trinajstić information content (AvgIpc) is 2.39. The Labute approximate surface area is 100 Å². The highest BCUT2D eigenvalue weighted by Crippen LogP contribution is 2.33. The van der Waals surface area contributed by atoms with Crippen molar-refractivity contribution in [2.75, 3.05) is 0 Å². The van der Waals surface area contributed by atoms with E-state index >= 15 is 0 Å². The van der Waals surface area contributed by atoms with E-state index in [2.05, 4.69) is 15.0 Å². The summed E-state index contributed by atoms with van der Waals surface area (Å²) in [4.78, 5) is 12.4. The van der Waals surface area contributed by atoms with Crippen LogP contribution in [0.2, 0.25) is 0 Å². The Hall–Kier alpha value is -1.81. The van der Waals surface area contributed by atoms with E-state index in [0.29, 0.717) is 11.4 Å². The van der Waals surface area contributed by atoms with Crippen molar-refractivity contribution < 1.29 is 5.11 Å². The third-order valence-corrected chi connectivity index (χ3v) is 2.84. The first-order valence-electron chi connectivity index (χ1n) is 5.56. The number of pyridine rings is 1. The fraction of sp³-hybridized carbons (Fsp3) is 0.308. The van der Waals surface area contributed by atoms with Gasteiger partial charge in [-0.25, -0.2) is 0 Å². The molecule has 0 bridgehead atoms. The Morgan fingerprint density at radius 2 is 1.82 bits per heavy atom. The van der Waals surface area contributed by atoms with Gasteiger partial charge in [0, 0.05) is 18.6 Å². The number of hydrogen-bond donors (Lipinski definition) is 1. The van der Waals surface area contributed by atoms with Crippen molar-refractivity contribution in [3.05, 3.63) is 54.4 Å². The van der Waals surface area contributed by atoms with Crippen molar-refractivity contribution in [1.29, 1.82) is 0 Å². The van der Waals surface area contributed by atoms with E-state index < -0.39 is 5.60 Å². The molecule has 2 heterocycles. The normalized spacial score (nSPS) is 14.6. The van der Waals surface area contributed by atoms with Gasteiger partial charge in [0.2, 0.25) is 0 Å². The van der Waals surface area contributed by atoms with Gasteiger partial charge in [-0.2, -0.15) is 0 Å². The smallest absolute Gasteiger partial charge is 0.152 e. The minimum atomic E-state index is -1.20. The quantitative estimate of drug-likeness (QED) is 0.871. The molecule has 0 saturated carbocycles. The fourth-order valence-corrected chi connectivity index (χ4v) is 1.81. The third-order valence-electron chi connectivity index (χ3n) is 2.84. The molecule has 2 aromatic heterocycles. The van der Waals surface area contributed by atoms with Gasteiger partial charge in [0.25, 0.3) is 0 Å². The van der Waals surface area contributed by atoms with E-state index in [0.717, 1.165) is 0 Å². The van der Waals surface area contributed by atoms with Crippen LogP contribution in [0.15, 0.2) is 43.0 Å². The lowest BCUT2D eigenvalue weighted by molar-refractivity contribution is 0.0230. The third kappa shape index (κ3) is 2.03. The minimum Gasteiger partial charge on any atom is -0.377 e. The highest BCUT2D eigenvalue weighted by atomic mass is 16.3. The van der Waals surface area contributed by atoms with E-state index in [1.54, 1.807) is 30.9 Å². The lowest BCUT2D eigenvalue weighted by atomic mass is 9.84. The number of aromatic nitrogens is 3. The standard InChI is InChI=1S/C13H15N3O/c1-10(2)13(17,11-5-3-4-6-15-11)12-9-14-7-8-16-12/h3-10,17H,1-2H3. The predicted octanol–water partition coefficient (Wildman–Crippen LogP) is 1.76. The molecule has 0 radical (unpaired) electrons. The molecule has 0 amide bonds.